The molecule has 13 heteroatoms. The van der Waals surface area contributed by atoms with Crippen LogP contribution in [0.15, 0.2) is 60.7 Å². The summed E-state index contributed by atoms with van der Waals surface area (Å²) in [5.74, 6) is -0.0923. The second kappa shape index (κ2) is 13.7. The Kier molecular flexibility index (Phi) is 9.58. The fraction of sp³-hybridized carbons (Fsp3) is 0.500. The number of piperazine rings is 2. The Morgan fingerprint density at radius 2 is 1.57 bits per heavy atom. The smallest absolute Gasteiger partial charge is 0.422 e. The molecule has 0 N–H and O–H groups in total. The number of alkyl halides is 3. The molecule has 6 rings (SSSR count). The van der Waals surface area contributed by atoms with E-state index in [1.54, 1.807) is 0 Å². The summed E-state index contributed by atoms with van der Waals surface area (Å²) in [5.41, 5.74) is 2.08. The molecule has 3 aliphatic rings. The van der Waals surface area contributed by atoms with Crippen molar-refractivity contribution < 1.29 is 36.9 Å². The molecule has 1 amide bonds. The van der Waals surface area contributed by atoms with Crippen LogP contribution in [0.1, 0.15) is 29.5 Å². The third kappa shape index (κ3) is 7.16. The first-order valence-electron chi connectivity index (χ1n) is 15.7. The maximum Gasteiger partial charge on any atom is 0.422 e. The van der Waals surface area contributed by atoms with Crippen LogP contribution in [0.2, 0.25) is 0 Å². The van der Waals surface area contributed by atoms with Crippen molar-refractivity contribution in [3.8, 4) is 17.8 Å². The minimum absolute atomic E-state index is 0.0162. The normalized spacial score (nSPS) is 21.6. The van der Waals surface area contributed by atoms with Gasteiger partial charge in [-0.25, -0.2) is 0 Å². The van der Waals surface area contributed by atoms with Gasteiger partial charge in [0, 0.05) is 57.3 Å². The molecule has 3 aliphatic heterocycles. The van der Waals surface area contributed by atoms with Gasteiger partial charge in [-0.2, -0.15) is 23.1 Å². The van der Waals surface area contributed by atoms with Gasteiger partial charge in [-0.15, -0.1) is 0 Å². The molecule has 2 aromatic carbocycles. The van der Waals surface area contributed by atoms with Crippen molar-refractivity contribution in [1.29, 1.82) is 0 Å². The lowest BCUT2D eigenvalue weighted by molar-refractivity contribution is -0.173. The van der Waals surface area contributed by atoms with Crippen LogP contribution >= 0.6 is 0 Å². The average molecular weight is 656 g/mol. The Hall–Kier alpha value is -3.94. The van der Waals surface area contributed by atoms with Gasteiger partial charge in [-0.3, -0.25) is 14.6 Å². The van der Waals surface area contributed by atoms with Gasteiger partial charge >= 0.3 is 12.2 Å². The minimum atomic E-state index is -4.57. The number of halogens is 3. The lowest BCUT2D eigenvalue weighted by Gasteiger charge is -2.54. The summed E-state index contributed by atoms with van der Waals surface area (Å²) in [7, 11) is 2.72. The van der Waals surface area contributed by atoms with Crippen LogP contribution in [-0.4, -0.2) is 116 Å². The number of rotatable bonds is 10. The van der Waals surface area contributed by atoms with Gasteiger partial charge in [-0.1, -0.05) is 60.7 Å². The third-order valence-corrected chi connectivity index (χ3v) is 9.26. The van der Waals surface area contributed by atoms with E-state index < -0.39 is 18.2 Å². The standard InChI is InChI=1S/C34H40F3N5O5/c1-33(20-46-21-33)31(43)41-14-15-42-25(17-41)16-40(18-26-29(44-2)38-32(45-3)39-30(26)47-22-34(35,36)37)19-27(42)28(23-10-6-4-7-11-23)24-12-8-5-9-13-24/h4-13,25,27-28H,14-22H2,1-3H3/t25-,27+/m1/s1. The van der Waals surface area contributed by atoms with E-state index >= 15 is 0 Å². The van der Waals surface area contributed by atoms with Crippen LogP contribution in [0, 0.1) is 5.41 Å². The molecule has 3 saturated heterocycles. The van der Waals surface area contributed by atoms with Crippen molar-refractivity contribution in [2.75, 3.05) is 66.8 Å². The van der Waals surface area contributed by atoms with E-state index in [9.17, 15) is 18.0 Å². The van der Waals surface area contributed by atoms with E-state index in [2.05, 4.69) is 44.0 Å². The van der Waals surface area contributed by atoms with Crippen molar-refractivity contribution in [3.63, 3.8) is 0 Å². The number of aromatic nitrogens is 2. The molecule has 3 fully saturated rings. The Labute approximate surface area is 272 Å². The number of benzene rings is 2. The number of fused-ring (bicyclic) bond motifs is 1. The summed E-state index contributed by atoms with van der Waals surface area (Å²) in [4.78, 5) is 28.7. The Bertz CT molecular complexity index is 1490. The highest BCUT2D eigenvalue weighted by Crippen LogP contribution is 2.39. The van der Waals surface area contributed by atoms with Gasteiger partial charge in [0.25, 0.3) is 0 Å². The summed E-state index contributed by atoms with van der Waals surface area (Å²) < 4.78 is 61.1. The summed E-state index contributed by atoms with van der Waals surface area (Å²) >= 11 is 0. The Morgan fingerprint density at radius 3 is 2.13 bits per heavy atom. The fourth-order valence-electron chi connectivity index (χ4n) is 7.01. The zero-order valence-corrected chi connectivity index (χ0v) is 26.8. The molecule has 47 heavy (non-hydrogen) atoms. The summed E-state index contributed by atoms with van der Waals surface area (Å²) in [6.07, 6.45) is -4.57. The van der Waals surface area contributed by atoms with Crippen molar-refractivity contribution in [2.45, 2.75) is 37.6 Å². The highest BCUT2D eigenvalue weighted by Gasteiger charge is 2.48. The van der Waals surface area contributed by atoms with E-state index in [1.165, 1.54) is 14.2 Å². The maximum absolute atomic E-state index is 13.6. The monoisotopic (exact) mass is 655 g/mol. The number of nitrogens with zero attached hydrogens (tertiary/aromatic N) is 5. The third-order valence-electron chi connectivity index (χ3n) is 9.26. The van der Waals surface area contributed by atoms with Gasteiger partial charge in [0.15, 0.2) is 6.61 Å². The molecular formula is C34H40F3N5O5. The number of methoxy groups -OCH3 is 2. The first-order valence-corrected chi connectivity index (χ1v) is 15.7. The molecule has 4 heterocycles. The molecule has 0 spiro atoms. The number of amides is 1. The molecule has 3 aromatic rings. The first kappa shape index (κ1) is 33.0. The van der Waals surface area contributed by atoms with Gasteiger partial charge in [0.05, 0.1) is 38.4 Å². The quantitative estimate of drug-likeness (QED) is 0.322. The minimum Gasteiger partial charge on any atom is -0.481 e. The number of carbonyl (C=O) groups excluding carboxylic acids is 1. The molecule has 0 bridgehead atoms. The Balaban J connectivity index is 1.37. The SMILES string of the molecule is COc1nc(OC)c(CN2C[C@@H]3CN(C(=O)C4(C)COC4)CCN3[C@H](C(c3ccccc3)c3ccccc3)C2)c(OCC(F)(F)F)n1. The van der Waals surface area contributed by atoms with Crippen molar-refractivity contribution in [3.05, 3.63) is 77.4 Å². The topological polar surface area (TPSA) is 89.5 Å². The van der Waals surface area contributed by atoms with Crippen molar-refractivity contribution in [2.24, 2.45) is 5.41 Å². The zero-order valence-electron chi connectivity index (χ0n) is 26.8. The van der Waals surface area contributed by atoms with Gasteiger partial charge < -0.3 is 23.8 Å². The van der Waals surface area contributed by atoms with Crippen LogP contribution in [0.25, 0.3) is 0 Å². The van der Waals surface area contributed by atoms with E-state index in [0.29, 0.717) is 51.5 Å². The molecule has 252 valence electrons. The molecule has 0 saturated carbocycles. The maximum atomic E-state index is 13.6. The lowest BCUT2D eigenvalue weighted by Crippen LogP contribution is -2.68. The van der Waals surface area contributed by atoms with E-state index in [-0.39, 0.29) is 48.2 Å². The van der Waals surface area contributed by atoms with Gasteiger partial charge in [-0.05, 0) is 18.1 Å². The predicted molar refractivity (Wildman–Crippen MR) is 166 cm³/mol. The second-order valence-corrected chi connectivity index (χ2v) is 12.7. The molecule has 2 atom stereocenters. The molecule has 0 unspecified atom stereocenters. The highest BCUT2D eigenvalue weighted by molar-refractivity contribution is 5.83. The van der Waals surface area contributed by atoms with Crippen LogP contribution in [0.3, 0.4) is 0 Å². The number of ether oxygens (including phenoxy) is 4. The van der Waals surface area contributed by atoms with Gasteiger partial charge in [0.2, 0.25) is 17.7 Å². The largest absolute Gasteiger partial charge is 0.481 e. The summed E-state index contributed by atoms with van der Waals surface area (Å²) in [5, 5.41) is 0. The van der Waals surface area contributed by atoms with Crippen LogP contribution in [0.4, 0.5) is 13.2 Å². The average Bonchev–Trinajstić information content (AvgIpc) is 3.06. The first-order chi connectivity index (χ1) is 22.6. The molecule has 10 nitrogen and oxygen atoms in total. The van der Waals surface area contributed by atoms with E-state index in [0.717, 1.165) is 11.1 Å². The van der Waals surface area contributed by atoms with E-state index in [4.69, 9.17) is 18.9 Å². The number of hydrogen-bond donors (Lipinski definition) is 0. The summed E-state index contributed by atoms with van der Waals surface area (Å²) in [6, 6.07) is 20.4. The number of carbonyl (C=O) groups is 1. The van der Waals surface area contributed by atoms with Crippen molar-refractivity contribution >= 4 is 5.91 Å². The fourth-order valence-corrected chi connectivity index (χ4v) is 7.01. The highest BCUT2D eigenvalue weighted by atomic mass is 19.4. The molecule has 1 aromatic heterocycles. The molecule has 0 radical (unpaired) electrons. The van der Waals surface area contributed by atoms with E-state index in [1.807, 2.05) is 48.2 Å². The van der Waals surface area contributed by atoms with Crippen LogP contribution in [-0.2, 0) is 16.1 Å². The lowest BCUT2D eigenvalue weighted by atomic mass is 9.81. The zero-order chi connectivity index (χ0) is 33.2. The van der Waals surface area contributed by atoms with Crippen molar-refractivity contribution in [1.82, 2.24) is 24.7 Å². The molecule has 0 aliphatic carbocycles. The molecular weight excluding hydrogens is 615 g/mol. The Morgan fingerprint density at radius 1 is 0.936 bits per heavy atom. The van der Waals surface area contributed by atoms with Crippen LogP contribution < -0.4 is 14.2 Å². The predicted octanol–water partition coefficient (Wildman–Crippen LogP) is 4.00. The van der Waals surface area contributed by atoms with Gasteiger partial charge in [0.1, 0.15) is 0 Å². The second-order valence-electron chi connectivity index (χ2n) is 12.7. The van der Waals surface area contributed by atoms with Crippen LogP contribution in [0.5, 0.6) is 17.8 Å². The number of hydrogen-bond acceptors (Lipinski definition) is 9. The summed E-state index contributed by atoms with van der Waals surface area (Å²) in [6.45, 7) is 4.36.